The summed E-state index contributed by atoms with van der Waals surface area (Å²) >= 11 is 0. The van der Waals surface area contributed by atoms with Crippen LogP contribution in [0.3, 0.4) is 0 Å². The Morgan fingerprint density at radius 2 is 0.781 bits per heavy atom. The monoisotopic (exact) mass is 597 g/mol. The average Bonchev–Trinajstić information content (AvgIpc) is 2.61. The van der Waals surface area contributed by atoms with Crippen LogP contribution in [0.2, 0.25) is 0 Å². The van der Waals surface area contributed by atoms with Crippen LogP contribution in [-0.4, -0.2) is 137 Å². The number of carboxylic acids is 3. The fourth-order valence-electron chi connectivity index (χ4n) is 3.23. The topological polar surface area (TPSA) is 142 Å². The second-order valence-corrected chi connectivity index (χ2v) is 8.96. The van der Waals surface area contributed by atoms with Crippen molar-refractivity contribution in [1.82, 2.24) is 19.6 Å². The Morgan fingerprint density at radius 3 is 0.969 bits per heavy atom. The number of Topliss-reactive ketones (excluding diaryl/α,β-unsaturated/α-hetero) is 1. The molecular formula is C20H36EuN4O7. The zero-order valence-corrected chi connectivity index (χ0v) is 21.6. The second kappa shape index (κ2) is 15.4. The standard InChI is InChI=1S/C20H36N4O7.Eu/c1-20(2,3)16(25)12-21-4-6-22(13-17(26)27)8-10-24(15-19(30)31)11-9-23(7-5-21)14-18(28)29;/h4-15H2,1-3H3,(H,26,27)(H,28,29)(H,30,31);. The molecular weight excluding hydrogens is 560 g/mol. The largest absolute Gasteiger partial charge is 0.480 e. The number of carboxylic acid groups (broad SMARTS) is 3. The van der Waals surface area contributed by atoms with Crippen LogP contribution in [-0.2, 0) is 19.2 Å². The maximum atomic E-state index is 12.6. The molecule has 0 aromatic carbocycles. The fraction of sp³-hybridized carbons (Fsp3) is 0.800. The SMILES string of the molecule is CC(C)(C)C(=O)CN1CCN(CC(=O)O)CCN(CC(=O)O)CCN(CC(=O)O)CC1.[Eu]. The van der Waals surface area contributed by atoms with Crippen LogP contribution in [0.4, 0.5) is 0 Å². The molecule has 1 rings (SSSR count). The minimum Gasteiger partial charge on any atom is -0.480 e. The predicted molar refractivity (Wildman–Crippen MR) is 113 cm³/mol. The summed E-state index contributed by atoms with van der Waals surface area (Å²) in [6.45, 7) is 8.33. The molecule has 32 heavy (non-hydrogen) atoms. The Kier molecular flexibility index (Phi) is 15.2. The number of ketones is 1. The molecule has 3 N–H and O–H groups in total. The summed E-state index contributed by atoms with van der Waals surface area (Å²) in [6, 6.07) is 0. The Morgan fingerprint density at radius 1 is 0.562 bits per heavy atom. The molecule has 0 aromatic heterocycles. The Bertz CT molecular complexity index is 610. The summed E-state index contributed by atoms with van der Waals surface area (Å²) in [6.07, 6.45) is 0. The van der Waals surface area contributed by atoms with E-state index in [-0.39, 0.29) is 81.3 Å². The fourth-order valence-corrected chi connectivity index (χ4v) is 3.23. The van der Waals surface area contributed by atoms with Crippen molar-refractivity contribution in [1.29, 1.82) is 0 Å². The molecule has 0 unspecified atom stereocenters. The van der Waals surface area contributed by atoms with E-state index in [1.807, 2.05) is 25.7 Å². The van der Waals surface area contributed by atoms with Gasteiger partial charge in [-0.3, -0.25) is 38.8 Å². The van der Waals surface area contributed by atoms with Gasteiger partial charge in [0.05, 0.1) is 26.2 Å². The summed E-state index contributed by atoms with van der Waals surface area (Å²) in [5.74, 6) is -2.88. The van der Waals surface area contributed by atoms with Crippen LogP contribution in [0, 0.1) is 54.8 Å². The molecule has 0 amide bonds. The van der Waals surface area contributed by atoms with Gasteiger partial charge in [0.15, 0.2) is 5.78 Å². The molecule has 1 radical (unpaired) electrons. The van der Waals surface area contributed by atoms with Crippen molar-refractivity contribution in [2.45, 2.75) is 20.8 Å². The quantitative estimate of drug-likeness (QED) is 0.320. The van der Waals surface area contributed by atoms with Gasteiger partial charge in [-0.15, -0.1) is 0 Å². The second-order valence-electron chi connectivity index (χ2n) is 8.96. The summed E-state index contributed by atoms with van der Waals surface area (Å²) in [4.78, 5) is 53.4. The number of rotatable bonds is 8. The summed E-state index contributed by atoms with van der Waals surface area (Å²) in [5.41, 5.74) is -0.511. The summed E-state index contributed by atoms with van der Waals surface area (Å²) < 4.78 is 0. The van der Waals surface area contributed by atoms with Crippen molar-refractivity contribution in [3.05, 3.63) is 0 Å². The van der Waals surface area contributed by atoms with Crippen molar-refractivity contribution in [2.24, 2.45) is 5.41 Å². The summed E-state index contributed by atoms with van der Waals surface area (Å²) in [5, 5.41) is 27.6. The van der Waals surface area contributed by atoms with Crippen LogP contribution in [0.25, 0.3) is 0 Å². The first-order valence-corrected chi connectivity index (χ1v) is 10.4. The number of hydrogen-bond acceptors (Lipinski definition) is 8. The van der Waals surface area contributed by atoms with Crippen molar-refractivity contribution < 1.29 is 83.9 Å². The number of carbonyl (C=O) groups is 4. The molecule has 0 saturated carbocycles. The molecule has 0 aromatic rings. The first-order valence-electron chi connectivity index (χ1n) is 10.4. The van der Waals surface area contributed by atoms with Gasteiger partial charge in [0, 0.05) is 107 Å². The molecule has 1 heterocycles. The van der Waals surface area contributed by atoms with E-state index in [2.05, 4.69) is 0 Å². The average molecular weight is 596 g/mol. The smallest absolute Gasteiger partial charge is 0.317 e. The number of carbonyl (C=O) groups excluding carboxylic acids is 1. The molecule has 12 heteroatoms. The molecule has 1 fully saturated rings. The van der Waals surface area contributed by atoms with E-state index < -0.39 is 23.3 Å². The molecule has 0 bridgehead atoms. The van der Waals surface area contributed by atoms with Crippen molar-refractivity contribution in [3.63, 3.8) is 0 Å². The first-order chi connectivity index (χ1) is 14.4. The van der Waals surface area contributed by atoms with Gasteiger partial charge in [0.2, 0.25) is 0 Å². The number of aliphatic carboxylic acids is 3. The van der Waals surface area contributed by atoms with Crippen LogP contribution in [0.15, 0.2) is 0 Å². The van der Waals surface area contributed by atoms with Crippen molar-refractivity contribution >= 4 is 23.7 Å². The van der Waals surface area contributed by atoms with Crippen molar-refractivity contribution in [3.8, 4) is 0 Å². The molecule has 1 aliphatic heterocycles. The predicted octanol–water partition coefficient (Wildman–Crippen LogP) is -0.923. The van der Waals surface area contributed by atoms with E-state index in [9.17, 15) is 29.4 Å². The maximum Gasteiger partial charge on any atom is 0.317 e. The van der Waals surface area contributed by atoms with Gasteiger partial charge < -0.3 is 15.3 Å². The van der Waals surface area contributed by atoms with Gasteiger partial charge in [-0.2, -0.15) is 0 Å². The third-order valence-electron chi connectivity index (χ3n) is 5.21. The molecule has 1 aliphatic rings. The van der Waals surface area contributed by atoms with E-state index in [0.717, 1.165) is 0 Å². The molecule has 1 saturated heterocycles. The van der Waals surface area contributed by atoms with Crippen molar-refractivity contribution in [2.75, 3.05) is 78.5 Å². The van der Waals surface area contributed by atoms with Crippen LogP contribution in [0.1, 0.15) is 20.8 Å². The summed E-state index contributed by atoms with van der Waals surface area (Å²) in [7, 11) is 0. The maximum absolute atomic E-state index is 12.6. The minimum atomic E-state index is -0.992. The van der Waals surface area contributed by atoms with Gasteiger partial charge in [-0.25, -0.2) is 0 Å². The molecule has 11 nitrogen and oxygen atoms in total. The first kappa shape index (κ1) is 31.5. The third kappa shape index (κ3) is 13.9. The van der Waals surface area contributed by atoms with E-state index in [0.29, 0.717) is 52.4 Å². The third-order valence-corrected chi connectivity index (χ3v) is 5.21. The van der Waals surface area contributed by atoms with Crippen LogP contribution in [0.5, 0.6) is 0 Å². The van der Waals surface area contributed by atoms with Crippen LogP contribution < -0.4 is 0 Å². The van der Waals surface area contributed by atoms with E-state index in [1.54, 1.807) is 14.7 Å². The van der Waals surface area contributed by atoms with E-state index >= 15 is 0 Å². The molecule has 0 aliphatic carbocycles. The molecule has 0 atom stereocenters. The van der Waals surface area contributed by atoms with Gasteiger partial charge >= 0.3 is 17.9 Å². The molecule has 0 spiro atoms. The van der Waals surface area contributed by atoms with Gasteiger partial charge in [-0.05, 0) is 0 Å². The zero-order chi connectivity index (χ0) is 23.6. The van der Waals surface area contributed by atoms with Crippen LogP contribution >= 0.6 is 0 Å². The number of hydrogen-bond donors (Lipinski definition) is 3. The van der Waals surface area contributed by atoms with Gasteiger partial charge in [-0.1, -0.05) is 20.8 Å². The zero-order valence-electron chi connectivity index (χ0n) is 19.1. The number of nitrogens with zero attached hydrogens (tertiary/aromatic N) is 4. The van der Waals surface area contributed by atoms with E-state index in [1.165, 1.54) is 0 Å². The van der Waals surface area contributed by atoms with E-state index in [4.69, 9.17) is 5.11 Å². The minimum absolute atomic E-state index is 0. The Balaban J connectivity index is 0.00000961. The van der Waals surface area contributed by atoms with Gasteiger partial charge in [0.25, 0.3) is 0 Å². The normalized spacial score (nSPS) is 18.7. The van der Waals surface area contributed by atoms with Gasteiger partial charge in [0.1, 0.15) is 0 Å². The Labute approximate surface area is 230 Å². The Hall–Kier alpha value is -0.496. The molecule has 185 valence electrons.